The van der Waals surface area contributed by atoms with E-state index in [0.29, 0.717) is 12.2 Å². The molecule has 7 nitrogen and oxygen atoms in total. The van der Waals surface area contributed by atoms with Crippen molar-refractivity contribution in [2.24, 2.45) is 7.05 Å². The summed E-state index contributed by atoms with van der Waals surface area (Å²) in [7, 11) is 1.77. The standard InChI is InChI=1S/C15H18N4O3/c1-10-11(2)17-18(3)15(10)16-14(20)8-7-12-5-4-6-13(9-12)19(21)22/h4-6,9H,7-8H2,1-3H3,(H,16,20). The van der Waals surface area contributed by atoms with E-state index in [0.717, 1.165) is 16.8 Å². The van der Waals surface area contributed by atoms with Gasteiger partial charge in [0.15, 0.2) is 0 Å². The van der Waals surface area contributed by atoms with Crippen molar-refractivity contribution in [1.82, 2.24) is 9.78 Å². The third kappa shape index (κ3) is 3.49. The van der Waals surface area contributed by atoms with E-state index < -0.39 is 4.92 Å². The van der Waals surface area contributed by atoms with Gasteiger partial charge in [-0.3, -0.25) is 19.6 Å². The third-order valence-corrected chi connectivity index (χ3v) is 3.54. The number of benzene rings is 1. The maximum atomic E-state index is 12.0. The summed E-state index contributed by atoms with van der Waals surface area (Å²) in [5, 5.41) is 17.8. The maximum Gasteiger partial charge on any atom is 0.269 e. The van der Waals surface area contributed by atoms with Crippen LogP contribution < -0.4 is 5.32 Å². The number of carbonyl (C=O) groups excluding carboxylic acids is 1. The molecular weight excluding hydrogens is 284 g/mol. The lowest BCUT2D eigenvalue weighted by atomic mass is 10.1. The van der Waals surface area contributed by atoms with E-state index in [2.05, 4.69) is 10.4 Å². The summed E-state index contributed by atoms with van der Waals surface area (Å²) in [6.45, 7) is 3.78. The summed E-state index contributed by atoms with van der Waals surface area (Å²) in [6, 6.07) is 6.33. The number of nitro groups is 1. The van der Waals surface area contributed by atoms with Gasteiger partial charge in [0.2, 0.25) is 5.91 Å². The van der Waals surface area contributed by atoms with Crippen molar-refractivity contribution in [3.8, 4) is 0 Å². The summed E-state index contributed by atoms with van der Waals surface area (Å²) in [4.78, 5) is 22.3. The fourth-order valence-corrected chi connectivity index (χ4v) is 2.22. The Morgan fingerprint density at radius 2 is 2.14 bits per heavy atom. The van der Waals surface area contributed by atoms with Gasteiger partial charge in [0.05, 0.1) is 10.6 Å². The number of carbonyl (C=O) groups is 1. The zero-order valence-corrected chi connectivity index (χ0v) is 12.8. The molecule has 0 aliphatic heterocycles. The van der Waals surface area contributed by atoms with E-state index in [1.165, 1.54) is 12.1 Å². The van der Waals surface area contributed by atoms with E-state index in [1.807, 2.05) is 13.8 Å². The second-order valence-electron chi connectivity index (χ2n) is 5.16. The normalized spacial score (nSPS) is 10.5. The minimum atomic E-state index is -0.439. The summed E-state index contributed by atoms with van der Waals surface area (Å²) in [5.41, 5.74) is 2.61. The number of rotatable bonds is 5. The van der Waals surface area contributed by atoms with E-state index in [-0.39, 0.29) is 18.0 Å². The van der Waals surface area contributed by atoms with Crippen molar-refractivity contribution in [3.63, 3.8) is 0 Å². The second kappa shape index (κ2) is 6.38. The second-order valence-corrected chi connectivity index (χ2v) is 5.16. The molecule has 1 amide bonds. The number of hydrogen-bond acceptors (Lipinski definition) is 4. The molecule has 1 heterocycles. The molecule has 0 spiro atoms. The average molecular weight is 302 g/mol. The summed E-state index contributed by atoms with van der Waals surface area (Å²) < 4.78 is 1.63. The number of anilines is 1. The van der Waals surface area contributed by atoms with Gasteiger partial charge in [-0.25, -0.2) is 0 Å². The third-order valence-electron chi connectivity index (χ3n) is 3.54. The van der Waals surface area contributed by atoms with Crippen LogP contribution in [0.15, 0.2) is 24.3 Å². The van der Waals surface area contributed by atoms with Gasteiger partial charge in [-0.1, -0.05) is 12.1 Å². The zero-order chi connectivity index (χ0) is 16.3. The summed E-state index contributed by atoms with van der Waals surface area (Å²) >= 11 is 0. The van der Waals surface area contributed by atoms with Crippen molar-refractivity contribution in [3.05, 3.63) is 51.2 Å². The van der Waals surface area contributed by atoms with Crippen molar-refractivity contribution >= 4 is 17.4 Å². The van der Waals surface area contributed by atoms with Crippen LogP contribution in [0.1, 0.15) is 23.2 Å². The van der Waals surface area contributed by atoms with Crippen LogP contribution in [0.2, 0.25) is 0 Å². The van der Waals surface area contributed by atoms with Crippen LogP contribution >= 0.6 is 0 Å². The highest BCUT2D eigenvalue weighted by Crippen LogP contribution is 2.18. The average Bonchev–Trinajstić information content (AvgIpc) is 2.72. The molecule has 0 unspecified atom stereocenters. The highest BCUT2D eigenvalue weighted by molar-refractivity contribution is 5.90. The molecule has 0 aliphatic carbocycles. The first-order chi connectivity index (χ1) is 10.4. The van der Waals surface area contributed by atoms with Crippen LogP contribution in [-0.4, -0.2) is 20.6 Å². The number of nitrogens with zero attached hydrogens (tertiary/aromatic N) is 3. The molecule has 22 heavy (non-hydrogen) atoms. The molecule has 1 N–H and O–H groups in total. The van der Waals surface area contributed by atoms with E-state index >= 15 is 0 Å². The van der Waals surface area contributed by atoms with Crippen molar-refractivity contribution in [2.75, 3.05) is 5.32 Å². The van der Waals surface area contributed by atoms with Gasteiger partial charge in [0.1, 0.15) is 5.82 Å². The van der Waals surface area contributed by atoms with E-state index in [1.54, 1.807) is 23.9 Å². The zero-order valence-electron chi connectivity index (χ0n) is 12.8. The highest BCUT2D eigenvalue weighted by atomic mass is 16.6. The number of aryl methyl sites for hydroxylation is 3. The highest BCUT2D eigenvalue weighted by Gasteiger charge is 2.12. The SMILES string of the molecule is Cc1nn(C)c(NC(=O)CCc2cccc([N+](=O)[O-])c2)c1C. The Morgan fingerprint density at radius 3 is 2.73 bits per heavy atom. The monoisotopic (exact) mass is 302 g/mol. The van der Waals surface area contributed by atoms with Gasteiger partial charge in [0.25, 0.3) is 5.69 Å². The summed E-state index contributed by atoms with van der Waals surface area (Å²) in [6.07, 6.45) is 0.703. The molecule has 7 heteroatoms. The first kappa shape index (κ1) is 15.7. The minimum absolute atomic E-state index is 0.0380. The molecule has 1 aromatic heterocycles. The van der Waals surface area contributed by atoms with Gasteiger partial charge in [-0.2, -0.15) is 5.10 Å². The first-order valence-electron chi connectivity index (χ1n) is 6.92. The van der Waals surface area contributed by atoms with Crippen LogP contribution in [0.25, 0.3) is 0 Å². The van der Waals surface area contributed by atoms with Gasteiger partial charge < -0.3 is 5.32 Å². The number of aromatic nitrogens is 2. The molecule has 0 radical (unpaired) electrons. The minimum Gasteiger partial charge on any atom is -0.311 e. The van der Waals surface area contributed by atoms with Crippen molar-refractivity contribution in [1.29, 1.82) is 0 Å². The van der Waals surface area contributed by atoms with Crippen LogP contribution in [0.4, 0.5) is 11.5 Å². The molecule has 1 aromatic carbocycles. The fourth-order valence-electron chi connectivity index (χ4n) is 2.22. The quantitative estimate of drug-likeness (QED) is 0.678. The molecule has 0 fully saturated rings. The van der Waals surface area contributed by atoms with Gasteiger partial charge in [-0.15, -0.1) is 0 Å². The topological polar surface area (TPSA) is 90.1 Å². The lowest BCUT2D eigenvalue weighted by molar-refractivity contribution is -0.384. The lowest BCUT2D eigenvalue weighted by Crippen LogP contribution is -2.15. The Labute approximate surface area is 128 Å². The number of nitro benzene ring substituents is 1. The maximum absolute atomic E-state index is 12.0. The fraction of sp³-hybridized carbons (Fsp3) is 0.333. The predicted octanol–water partition coefficient (Wildman–Crippen LogP) is 2.52. The van der Waals surface area contributed by atoms with Crippen molar-refractivity contribution in [2.45, 2.75) is 26.7 Å². The molecular formula is C15H18N4O3. The van der Waals surface area contributed by atoms with Crippen LogP contribution in [0, 0.1) is 24.0 Å². The molecule has 0 bridgehead atoms. The molecule has 0 aliphatic rings. The molecule has 2 aromatic rings. The Balaban J connectivity index is 1.98. The predicted molar refractivity (Wildman–Crippen MR) is 82.7 cm³/mol. The van der Waals surface area contributed by atoms with E-state index in [9.17, 15) is 14.9 Å². The number of non-ortho nitro benzene ring substituents is 1. The van der Waals surface area contributed by atoms with E-state index in [4.69, 9.17) is 0 Å². The molecule has 0 saturated heterocycles. The number of amides is 1. The van der Waals surface area contributed by atoms with Gasteiger partial charge in [0, 0.05) is 31.2 Å². The Kier molecular flexibility index (Phi) is 4.55. The number of nitrogens with one attached hydrogen (secondary N) is 1. The largest absolute Gasteiger partial charge is 0.311 e. The molecule has 0 saturated carbocycles. The lowest BCUT2D eigenvalue weighted by Gasteiger charge is -2.07. The Hall–Kier alpha value is -2.70. The van der Waals surface area contributed by atoms with Crippen LogP contribution in [0.3, 0.4) is 0 Å². The molecule has 116 valence electrons. The van der Waals surface area contributed by atoms with Gasteiger partial charge >= 0.3 is 0 Å². The number of hydrogen-bond donors (Lipinski definition) is 1. The van der Waals surface area contributed by atoms with Gasteiger partial charge in [-0.05, 0) is 25.8 Å². The van der Waals surface area contributed by atoms with Crippen molar-refractivity contribution < 1.29 is 9.72 Å². The summed E-state index contributed by atoms with van der Waals surface area (Å²) in [5.74, 6) is 0.541. The molecule has 0 atom stereocenters. The van der Waals surface area contributed by atoms with Crippen LogP contribution in [0.5, 0.6) is 0 Å². The Bertz CT molecular complexity index is 722. The molecule has 2 rings (SSSR count). The van der Waals surface area contributed by atoms with Crippen LogP contribution in [-0.2, 0) is 18.3 Å². The Morgan fingerprint density at radius 1 is 1.41 bits per heavy atom. The smallest absolute Gasteiger partial charge is 0.269 e. The first-order valence-corrected chi connectivity index (χ1v) is 6.92.